The van der Waals surface area contributed by atoms with E-state index in [-0.39, 0.29) is 5.91 Å². The number of hydrogen-bond acceptors (Lipinski definition) is 3. The molecular formula is C18H17NO3. The molecule has 0 unspecified atom stereocenters. The topological polar surface area (TPSA) is 38.8 Å². The third kappa shape index (κ3) is 2.13. The maximum absolute atomic E-state index is 12.5. The number of methoxy groups -OCH3 is 2. The first-order valence-electron chi connectivity index (χ1n) is 6.97. The average molecular weight is 295 g/mol. The highest BCUT2D eigenvalue weighted by Crippen LogP contribution is 2.39. The molecule has 112 valence electrons. The summed E-state index contributed by atoms with van der Waals surface area (Å²) in [6, 6.07) is 13.4. The second-order valence-corrected chi connectivity index (χ2v) is 5.02. The van der Waals surface area contributed by atoms with Gasteiger partial charge in [0, 0.05) is 23.7 Å². The molecule has 0 saturated heterocycles. The van der Waals surface area contributed by atoms with Gasteiger partial charge in [0.25, 0.3) is 5.91 Å². The molecule has 2 aromatic rings. The average Bonchev–Trinajstić information content (AvgIpc) is 2.80. The molecule has 0 atom stereocenters. The van der Waals surface area contributed by atoms with E-state index in [1.807, 2.05) is 48.5 Å². The number of benzene rings is 2. The summed E-state index contributed by atoms with van der Waals surface area (Å²) in [6.45, 7) is 0. The van der Waals surface area contributed by atoms with Crippen LogP contribution in [0.2, 0.25) is 0 Å². The monoisotopic (exact) mass is 295 g/mol. The lowest BCUT2D eigenvalue weighted by Crippen LogP contribution is -2.20. The number of carbonyl (C=O) groups excluding carboxylic acids is 1. The van der Waals surface area contributed by atoms with E-state index < -0.39 is 0 Å². The molecule has 22 heavy (non-hydrogen) atoms. The van der Waals surface area contributed by atoms with Crippen molar-refractivity contribution in [1.29, 1.82) is 0 Å². The van der Waals surface area contributed by atoms with Crippen LogP contribution >= 0.6 is 0 Å². The van der Waals surface area contributed by atoms with Gasteiger partial charge in [-0.2, -0.15) is 0 Å². The molecule has 4 heteroatoms. The van der Waals surface area contributed by atoms with E-state index in [4.69, 9.17) is 9.47 Å². The third-order valence-corrected chi connectivity index (χ3v) is 3.82. The summed E-state index contributed by atoms with van der Waals surface area (Å²) < 4.78 is 10.7. The van der Waals surface area contributed by atoms with Crippen molar-refractivity contribution in [2.24, 2.45) is 0 Å². The molecule has 1 amide bonds. The van der Waals surface area contributed by atoms with E-state index in [2.05, 4.69) is 0 Å². The van der Waals surface area contributed by atoms with Crippen molar-refractivity contribution in [3.63, 3.8) is 0 Å². The number of para-hydroxylation sites is 2. The fourth-order valence-corrected chi connectivity index (χ4v) is 2.72. The molecular weight excluding hydrogens is 278 g/mol. The number of carbonyl (C=O) groups is 1. The van der Waals surface area contributed by atoms with Crippen LogP contribution in [0.25, 0.3) is 11.6 Å². The van der Waals surface area contributed by atoms with E-state index in [1.54, 1.807) is 26.2 Å². The molecule has 1 aliphatic heterocycles. The minimum absolute atomic E-state index is 0.0222. The summed E-state index contributed by atoms with van der Waals surface area (Å²) in [4.78, 5) is 14.2. The Bertz CT molecular complexity index is 765. The van der Waals surface area contributed by atoms with Crippen molar-refractivity contribution >= 4 is 23.2 Å². The summed E-state index contributed by atoms with van der Waals surface area (Å²) in [5.74, 6) is 1.24. The normalized spacial score (nSPS) is 15.1. The first kappa shape index (κ1) is 14.2. The highest BCUT2D eigenvalue weighted by molar-refractivity contribution is 6.35. The summed E-state index contributed by atoms with van der Waals surface area (Å²) in [5, 5.41) is 0. The lowest BCUT2D eigenvalue weighted by molar-refractivity contribution is -0.112. The van der Waals surface area contributed by atoms with Crippen LogP contribution in [0.15, 0.2) is 42.5 Å². The second-order valence-electron chi connectivity index (χ2n) is 5.02. The smallest absolute Gasteiger partial charge is 0.258 e. The van der Waals surface area contributed by atoms with Crippen molar-refractivity contribution in [3.8, 4) is 11.5 Å². The van der Waals surface area contributed by atoms with Gasteiger partial charge in [-0.3, -0.25) is 4.79 Å². The molecule has 1 heterocycles. The number of ether oxygens (including phenoxy) is 2. The van der Waals surface area contributed by atoms with E-state index in [9.17, 15) is 4.79 Å². The lowest BCUT2D eigenvalue weighted by Gasteiger charge is -2.10. The Morgan fingerprint density at radius 3 is 2.50 bits per heavy atom. The second kappa shape index (κ2) is 5.56. The van der Waals surface area contributed by atoms with Crippen LogP contribution in [0.3, 0.4) is 0 Å². The largest absolute Gasteiger partial charge is 0.493 e. The van der Waals surface area contributed by atoms with Crippen LogP contribution < -0.4 is 14.4 Å². The first-order valence-corrected chi connectivity index (χ1v) is 6.97. The highest BCUT2D eigenvalue weighted by atomic mass is 16.5. The predicted molar refractivity (Wildman–Crippen MR) is 87.3 cm³/mol. The minimum atomic E-state index is -0.0222. The zero-order chi connectivity index (χ0) is 15.7. The number of anilines is 1. The number of hydrogen-bond donors (Lipinski definition) is 0. The third-order valence-electron chi connectivity index (χ3n) is 3.82. The van der Waals surface area contributed by atoms with Crippen LogP contribution in [0.5, 0.6) is 11.5 Å². The molecule has 0 fully saturated rings. The lowest BCUT2D eigenvalue weighted by atomic mass is 10.0. The summed E-state index contributed by atoms with van der Waals surface area (Å²) in [6.07, 6.45) is 1.85. The molecule has 0 bridgehead atoms. The van der Waals surface area contributed by atoms with E-state index in [1.165, 1.54) is 0 Å². The Kier molecular flexibility index (Phi) is 3.59. The standard InChI is InChI=1S/C18H17NO3/c1-19-15-9-5-4-8-13(15)14(18(19)20)11-12-7-6-10-16(21-2)17(12)22-3/h4-11H,1-3H3/b14-11+. The molecule has 0 radical (unpaired) electrons. The fourth-order valence-electron chi connectivity index (χ4n) is 2.72. The van der Waals surface area contributed by atoms with Crippen LogP contribution in [0.1, 0.15) is 11.1 Å². The van der Waals surface area contributed by atoms with Gasteiger partial charge in [-0.05, 0) is 18.2 Å². The van der Waals surface area contributed by atoms with Crippen molar-refractivity contribution in [3.05, 3.63) is 53.6 Å². The Balaban J connectivity index is 2.16. The molecule has 0 aromatic heterocycles. The molecule has 1 aliphatic rings. The predicted octanol–water partition coefficient (Wildman–Crippen LogP) is 3.22. The Morgan fingerprint density at radius 1 is 1.00 bits per heavy atom. The van der Waals surface area contributed by atoms with Crippen molar-refractivity contribution in [1.82, 2.24) is 0 Å². The zero-order valence-corrected chi connectivity index (χ0v) is 12.8. The molecule has 3 rings (SSSR count). The fraction of sp³-hybridized carbons (Fsp3) is 0.167. The first-order chi connectivity index (χ1) is 10.7. The van der Waals surface area contributed by atoms with Gasteiger partial charge in [-0.15, -0.1) is 0 Å². The van der Waals surface area contributed by atoms with Crippen molar-refractivity contribution in [2.75, 3.05) is 26.2 Å². The molecule has 0 spiro atoms. The highest BCUT2D eigenvalue weighted by Gasteiger charge is 2.29. The Morgan fingerprint density at radius 2 is 1.77 bits per heavy atom. The molecule has 0 saturated carbocycles. The molecule has 2 aromatic carbocycles. The van der Waals surface area contributed by atoms with E-state index in [0.717, 1.165) is 16.8 Å². The molecule has 0 N–H and O–H groups in total. The quantitative estimate of drug-likeness (QED) is 0.816. The Hall–Kier alpha value is -2.75. The van der Waals surface area contributed by atoms with Gasteiger partial charge in [0.1, 0.15) is 0 Å². The number of nitrogens with zero attached hydrogens (tertiary/aromatic N) is 1. The number of amides is 1. The van der Waals surface area contributed by atoms with Gasteiger partial charge < -0.3 is 14.4 Å². The maximum Gasteiger partial charge on any atom is 0.258 e. The summed E-state index contributed by atoms with van der Waals surface area (Å²) >= 11 is 0. The van der Waals surface area contributed by atoms with Crippen molar-refractivity contribution < 1.29 is 14.3 Å². The van der Waals surface area contributed by atoms with E-state index in [0.29, 0.717) is 17.1 Å². The SMILES string of the molecule is COc1cccc(/C=C2/C(=O)N(C)c3ccccc32)c1OC. The summed E-state index contributed by atoms with van der Waals surface area (Å²) in [7, 11) is 4.97. The maximum atomic E-state index is 12.5. The number of likely N-dealkylation sites (N-methyl/N-ethyl adjacent to an activating group) is 1. The molecule has 4 nitrogen and oxygen atoms in total. The van der Waals surface area contributed by atoms with E-state index >= 15 is 0 Å². The van der Waals surface area contributed by atoms with Crippen LogP contribution in [-0.2, 0) is 4.79 Å². The zero-order valence-electron chi connectivity index (χ0n) is 12.8. The van der Waals surface area contributed by atoms with Gasteiger partial charge in [0.15, 0.2) is 11.5 Å². The van der Waals surface area contributed by atoms with Gasteiger partial charge in [-0.25, -0.2) is 0 Å². The molecule has 0 aliphatic carbocycles. The van der Waals surface area contributed by atoms with Gasteiger partial charge in [0.05, 0.1) is 19.9 Å². The van der Waals surface area contributed by atoms with Crippen LogP contribution in [-0.4, -0.2) is 27.2 Å². The van der Waals surface area contributed by atoms with Crippen molar-refractivity contribution in [2.45, 2.75) is 0 Å². The van der Waals surface area contributed by atoms with Gasteiger partial charge in [0.2, 0.25) is 0 Å². The summed E-state index contributed by atoms with van der Waals surface area (Å²) in [5.41, 5.74) is 3.32. The van der Waals surface area contributed by atoms with Crippen LogP contribution in [0, 0.1) is 0 Å². The number of rotatable bonds is 3. The Labute approximate surface area is 129 Å². The van der Waals surface area contributed by atoms with Gasteiger partial charge in [-0.1, -0.05) is 30.3 Å². The van der Waals surface area contributed by atoms with Gasteiger partial charge >= 0.3 is 0 Å². The minimum Gasteiger partial charge on any atom is -0.493 e. The number of fused-ring (bicyclic) bond motifs is 1. The van der Waals surface area contributed by atoms with Crippen LogP contribution in [0.4, 0.5) is 5.69 Å².